The van der Waals surface area contributed by atoms with Crippen LogP contribution < -0.4 is 14.9 Å². The molecule has 0 heterocycles. The third-order valence-electron chi connectivity index (χ3n) is 3.48. The number of halogens is 1. The molecule has 8 nitrogen and oxygen atoms in total. The van der Waals surface area contributed by atoms with Gasteiger partial charge in [0.25, 0.3) is 11.6 Å². The summed E-state index contributed by atoms with van der Waals surface area (Å²) in [5.41, 5.74) is 3.08. The highest BCUT2D eigenvalue weighted by molar-refractivity contribution is 14.1. The van der Waals surface area contributed by atoms with Gasteiger partial charge in [0.1, 0.15) is 0 Å². The number of non-ortho nitro benzene ring substituents is 1. The highest BCUT2D eigenvalue weighted by Crippen LogP contribution is 2.34. The van der Waals surface area contributed by atoms with Gasteiger partial charge in [0, 0.05) is 17.7 Å². The maximum atomic E-state index is 12.1. The summed E-state index contributed by atoms with van der Waals surface area (Å²) in [5, 5.41) is 14.7. The van der Waals surface area contributed by atoms with Crippen LogP contribution in [0.25, 0.3) is 0 Å². The summed E-state index contributed by atoms with van der Waals surface area (Å²) in [6, 6.07) is 9.08. The van der Waals surface area contributed by atoms with Crippen LogP contribution in [0.3, 0.4) is 0 Å². The molecule has 0 bridgehead atoms. The smallest absolute Gasteiger partial charge is 0.271 e. The van der Waals surface area contributed by atoms with Gasteiger partial charge >= 0.3 is 0 Å². The van der Waals surface area contributed by atoms with Gasteiger partial charge in [0.15, 0.2) is 11.5 Å². The fourth-order valence-corrected chi connectivity index (χ4v) is 3.04. The molecular formula is C19H20IN3O5. The van der Waals surface area contributed by atoms with E-state index in [1.807, 2.05) is 19.9 Å². The van der Waals surface area contributed by atoms with Crippen LogP contribution in [-0.2, 0) is 0 Å². The van der Waals surface area contributed by atoms with Gasteiger partial charge in [-0.2, -0.15) is 5.10 Å². The van der Waals surface area contributed by atoms with Crippen LogP contribution in [0, 0.1) is 13.7 Å². The molecule has 0 unspecified atom stereocenters. The topological polar surface area (TPSA) is 103 Å². The lowest BCUT2D eigenvalue weighted by atomic mass is 10.2. The zero-order valence-corrected chi connectivity index (χ0v) is 17.6. The minimum Gasteiger partial charge on any atom is -0.490 e. The number of carbonyl (C=O) groups excluding carboxylic acids is 1. The molecule has 0 saturated heterocycles. The number of rotatable bonds is 9. The van der Waals surface area contributed by atoms with Gasteiger partial charge in [-0.3, -0.25) is 14.9 Å². The number of benzene rings is 2. The predicted octanol–water partition coefficient (Wildman–Crippen LogP) is 4.15. The SMILES string of the molecule is CCCOc1c(I)cc(/C=N/NC(=O)c2cccc([N+](=O)[O-])c2)cc1OCC. The van der Waals surface area contributed by atoms with E-state index in [0.717, 1.165) is 15.6 Å². The summed E-state index contributed by atoms with van der Waals surface area (Å²) < 4.78 is 12.3. The van der Waals surface area contributed by atoms with Crippen molar-refractivity contribution < 1.29 is 19.2 Å². The van der Waals surface area contributed by atoms with E-state index < -0.39 is 10.8 Å². The molecule has 0 saturated carbocycles. The first-order valence-electron chi connectivity index (χ1n) is 8.63. The first-order valence-corrected chi connectivity index (χ1v) is 9.71. The van der Waals surface area contributed by atoms with E-state index in [2.05, 4.69) is 33.1 Å². The molecule has 148 valence electrons. The Labute approximate surface area is 176 Å². The first-order chi connectivity index (χ1) is 13.5. The molecule has 2 aromatic carbocycles. The van der Waals surface area contributed by atoms with Crippen LogP contribution in [0.4, 0.5) is 5.69 Å². The standard InChI is InChI=1S/C19H20IN3O5/c1-3-8-28-18-16(20)9-13(10-17(18)27-4-2)12-21-22-19(24)14-6-5-7-15(11-14)23(25)26/h5-7,9-12H,3-4,8H2,1-2H3,(H,22,24)/b21-12+. The van der Waals surface area contributed by atoms with Crippen molar-refractivity contribution in [2.45, 2.75) is 20.3 Å². The molecule has 0 radical (unpaired) electrons. The zero-order valence-electron chi connectivity index (χ0n) is 15.5. The van der Waals surface area contributed by atoms with Gasteiger partial charge in [-0.1, -0.05) is 13.0 Å². The van der Waals surface area contributed by atoms with Crippen molar-refractivity contribution in [1.29, 1.82) is 0 Å². The number of hydrogen-bond donors (Lipinski definition) is 1. The number of hydrazone groups is 1. The van der Waals surface area contributed by atoms with Crippen molar-refractivity contribution in [1.82, 2.24) is 5.43 Å². The molecule has 0 spiro atoms. The number of nitro benzene ring substituents is 1. The second-order valence-electron chi connectivity index (χ2n) is 5.62. The Hall–Kier alpha value is -2.69. The summed E-state index contributed by atoms with van der Waals surface area (Å²) in [6.07, 6.45) is 2.36. The molecule has 28 heavy (non-hydrogen) atoms. The zero-order chi connectivity index (χ0) is 20.5. The first kappa shape index (κ1) is 21.6. The third kappa shape index (κ3) is 5.91. The van der Waals surface area contributed by atoms with Crippen molar-refractivity contribution in [3.8, 4) is 11.5 Å². The minimum absolute atomic E-state index is 0.152. The van der Waals surface area contributed by atoms with E-state index in [1.165, 1.54) is 30.5 Å². The molecule has 2 aromatic rings. The maximum absolute atomic E-state index is 12.1. The molecule has 2 rings (SSSR count). The molecule has 9 heteroatoms. The summed E-state index contributed by atoms with van der Waals surface area (Å²) in [7, 11) is 0. The number of amides is 1. The number of nitro groups is 1. The van der Waals surface area contributed by atoms with Crippen LogP contribution in [-0.4, -0.2) is 30.3 Å². The second kappa shape index (κ2) is 10.6. The van der Waals surface area contributed by atoms with Crippen LogP contribution >= 0.6 is 22.6 Å². The Morgan fingerprint density at radius 1 is 1.29 bits per heavy atom. The largest absolute Gasteiger partial charge is 0.490 e. The fraction of sp³-hybridized carbons (Fsp3) is 0.263. The summed E-state index contributed by atoms with van der Waals surface area (Å²) in [6.45, 7) is 4.99. The predicted molar refractivity (Wildman–Crippen MR) is 114 cm³/mol. The van der Waals surface area contributed by atoms with Crippen LogP contribution in [0.1, 0.15) is 36.2 Å². The summed E-state index contributed by atoms with van der Waals surface area (Å²) >= 11 is 2.16. The van der Waals surface area contributed by atoms with Crippen molar-refractivity contribution in [3.05, 3.63) is 61.2 Å². The molecule has 0 aliphatic heterocycles. The highest BCUT2D eigenvalue weighted by Gasteiger charge is 2.12. The van der Waals surface area contributed by atoms with E-state index in [1.54, 1.807) is 6.07 Å². The lowest BCUT2D eigenvalue weighted by molar-refractivity contribution is -0.384. The molecule has 0 aliphatic rings. The van der Waals surface area contributed by atoms with E-state index in [-0.39, 0.29) is 11.3 Å². The van der Waals surface area contributed by atoms with Gasteiger partial charge in [0.2, 0.25) is 0 Å². The Kier molecular flexibility index (Phi) is 8.18. The Morgan fingerprint density at radius 3 is 2.75 bits per heavy atom. The Morgan fingerprint density at radius 2 is 2.07 bits per heavy atom. The van der Waals surface area contributed by atoms with E-state index in [9.17, 15) is 14.9 Å². The molecule has 1 N–H and O–H groups in total. The van der Waals surface area contributed by atoms with Gasteiger partial charge in [-0.15, -0.1) is 0 Å². The summed E-state index contributed by atoms with van der Waals surface area (Å²) in [5.74, 6) is 0.749. The van der Waals surface area contributed by atoms with Gasteiger partial charge < -0.3 is 9.47 Å². The van der Waals surface area contributed by atoms with E-state index in [4.69, 9.17) is 9.47 Å². The van der Waals surface area contributed by atoms with Crippen LogP contribution in [0.15, 0.2) is 41.5 Å². The van der Waals surface area contributed by atoms with Crippen LogP contribution in [0.5, 0.6) is 11.5 Å². The molecular weight excluding hydrogens is 477 g/mol. The van der Waals surface area contributed by atoms with Crippen molar-refractivity contribution in [2.75, 3.05) is 13.2 Å². The second-order valence-corrected chi connectivity index (χ2v) is 6.78. The molecule has 0 atom stereocenters. The molecule has 0 aromatic heterocycles. The van der Waals surface area contributed by atoms with Crippen LogP contribution in [0.2, 0.25) is 0 Å². The number of hydrogen-bond acceptors (Lipinski definition) is 6. The minimum atomic E-state index is -0.556. The van der Waals surface area contributed by atoms with Gasteiger partial charge in [0.05, 0.1) is 27.9 Å². The quantitative estimate of drug-likeness (QED) is 0.243. The lowest BCUT2D eigenvalue weighted by Crippen LogP contribution is -2.17. The van der Waals surface area contributed by atoms with E-state index in [0.29, 0.717) is 24.7 Å². The van der Waals surface area contributed by atoms with Crippen molar-refractivity contribution in [3.63, 3.8) is 0 Å². The maximum Gasteiger partial charge on any atom is 0.271 e. The molecule has 0 fully saturated rings. The monoisotopic (exact) mass is 497 g/mol. The number of carbonyl (C=O) groups is 1. The van der Waals surface area contributed by atoms with E-state index >= 15 is 0 Å². The van der Waals surface area contributed by atoms with Crippen molar-refractivity contribution in [2.24, 2.45) is 5.10 Å². The van der Waals surface area contributed by atoms with Crippen molar-refractivity contribution >= 4 is 40.4 Å². The molecule has 1 amide bonds. The average Bonchev–Trinajstić information content (AvgIpc) is 2.67. The van der Waals surface area contributed by atoms with Gasteiger partial charge in [-0.25, -0.2) is 5.43 Å². The number of nitrogens with one attached hydrogen (secondary N) is 1. The Balaban J connectivity index is 2.14. The lowest BCUT2D eigenvalue weighted by Gasteiger charge is -2.14. The Bertz CT molecular complexity index is 886. The number of nitrogens with zero attached hydrogens (tertiary/aromatic N) is 2. The average molecular weight is 497 g/mol. The van der Waals surface area contributed by atoms with Gasteiger partial charge in [-0.05, 0) is 59.7 Å². The fourth-order valence-electron chi connectivity index (χ4n) is 2.26. The summed E-state index contributed by atoms with van der Waals surface area (Å²) in [4.78, 5) is 22.4. The third-order valence-corrected chi connectivity index (χ3v) is 4.28. The number of ether oxygens (including phenoxy) is 2. The molecule has 0 aliphatic carbocycles. The highest BCUT2D eigenvalue weighted by atomic mass is 127. The normalized spacial score (nSPS) is 10.7.